The molecule has 8 nitrogen and oxygen atoms in total. The molecule has 1 aliphatic rings. The number of hydrogen-bond donors (Lipinski definition) is 2. The zero-order valence-electron chi connectivity index (χ0n) is 15.2. The summed E-state index contributed by atoms with van der Waals surface area (Å²) in [5.74, 6) is 0.287. The van der Waals surface area contributed by atoms with Crippen LogP contribution in [0.5, 0.6) is 11.8 Å². The van der Waals surface area contributed by atoms with E-state index < -0.39 is 0 Å². The normalized spacial score (nSPS) is 18.9. The van der Waals surface area contributed by atoms with Crippen molar-refractivity contribution in [3.8, 4) is 17.4 Å². The van der Waals surface area contributed by atoms with E-state index in [1.54, 1.807) is 6.07 Å². The summed E-state index contributed by atoms with van der Waals surface area (Å²) in [4.78, 5) is 11.3. The number of aromatic nitrogens is 4. The standard InChI is InChI=1S/C19H19ClN6O2/c1-11-2-5-13(20)10-17(11)26-19(23-24-25-26)28-14-6-3-12(4-7-14)15-8-9-16(22-15)18(21)27/h2-7,10,15-16,22H,8-9H2,1H3,(H2,21,27)/t15-,16+/m1/s1. The molecular weight excluding hydrogens is 380 g/mol. The highest BCUT2D eigenvalue weighted by Crippen LogP contribution is 2.29. The second-order valence-electron chi connectivity index (χ2n) is 6.73. The van der Waals surface area contributed by atoms with Gasteiger partial charge in [-0.2, -0.15) is 4.68 Å². The van der Waals surface area contributed by atoms with Crippen molar-refractivity contribution < 1.29 is 9.53 Å². The summed E-state index contributed by atoms with van der Waals surface area (Å²) in [5.41, 5.74) is 8.15. The topological polar surface area (TPSA) is 108 Å². The molecule has 1 amide bonds. The maximum Gasteiger partial charge on any atom is 0.345 e. The first-order chi connectivity index (χ1) is 13.5. The van der Waals surface area contributed by atoms with Gasteiger partial charge in [0, 0.05) is 11.1 Å². The molecule has 0 radical (unpaired) electrons. The molecule has 0 saturated carbocycles. The number of halogens is 1. The highest BCUT2D eigenvalue weighted by atomic mass is 35.5. The molecule has 4 rings (SSSR count). The number of amides is 1. The molecule has 28 heavy (non-hydrogen) atoms. The van der Waals surface area contributed by atoms with E-state index in [9.17, 15) is 4.79 Å². The van der Waals surface area contributed by atoms with Gasteiger partial charge in [-0.15, -0.1) is 0 Å². The van der Waals surface area contributed by atoms with E-state index in [0.717, 1.165) is 29.7 Å². The Balaban J connectivity index is 1.51. The van der Waals surface area contributed by atoms with Crippen molar-refractivity contribution in [3.05, 3.63) is 58.6 Å². The van der Waals surface area contributed by atoms with Crippen LogP contribution in [0.15, 0.2) is 42.5 Å². The van der Waals surface area contributed by atoms with Gasteiger partial charge in [0.15, 0.2) is 0 Å². The van der Waals surface area contributed by atoms with E-state index in [0.29, 0.717) is 10.8 Å². The molecule has 2 heterocycles. The molecular formula is C19H19ClN6O2. The van der Waals surface area contributed by atoms with Gasteiger partial charge in [0.05, 0.1) is 11.7 Å². The van der Waals surface area contributed by atoms with Crippen LogP contribution in [0.1, 0.15) is 30.0 Å². The second kappa shape index (κ2) is 7.57. The quantitative estimate of drug-likeness (QED) is 0.684. The largest absolute Gasteiger partial charge is 0.423 e. The van der Waals surface area contributed by atoms with Gasteiger partial charge >= 0.3 is 6.01 Å². The number of rotatable bonds is 5. The van der Waals surface area contributed by atoms with Gasteiger partial charge in [-0.1, -0.05) is 34.9 Å². The third kappa shape index (κ3) is 3.69. The minimum atomic E-state index is -0.314. The van der Waals surface area contributed by atoms with Crippen molar-refractivity contribution in [3.63, 3.8) is 0 Å². The zero-order chi connectivity index (χ0) is 19.7. The van der Waals surface area contributed by atoms with Crippen molar-refractivity contribution in [2.45, 2.75) is 31.8 Å². The summed E-state index contributed by atoms with van der Waals surface area (Å²) >= 11 is 6.10. The maximum absolute atomic E-state index is 11.3. The Morgan fingerprint density at radius 1 is 1.25 bits per heavy atom. The molecule has 2 aromatic carbocycles. The highest BCUT2D eigenvalue weighted by molar-refractivity contribution is 6.30. The predicted molar refractivity (Wildman–Crippen MR) is 104 cm³/mol. The van der Waals surface area contributed by atoms with Gasteiger partial charge in [0.1, 0.15) is 5.75 Å². The van der Waals surface area contributed by atoms with Crippen LogP contribution in [-0.4, -0.2) is 32.2 Å². The van der Waals surface area contributed by atoms with E-state index >= 15 is 0 Å². The number of benzene rings is 2. The minimum absolute atomic E-state index is 0.103. The maximum atomic E-state index is 11.3. The lowest BCUT2D eigenvalue weighted by molar-refractivity contribution is -0.119. The van der Waals surface area contributed by atoms with E-state index in [2.05, 4.69) is 20.8 Å². The Labute approximate surface area is 166 Å². The molecule has 0 bridgehead atoms. The first kappa shape index (κ1) is 18.4. The number of nitrogens with one attached hydrogen (secondary N) is 1. The lowest BCUT2D eigenvalue weighted by Gasteiger charge is -2.13. The molecule has 0 unspecified atom stereocenters. The summed E-state index contributed by atoms with van der Waals surface area (Å²) in [6.07, 6.45) is 1.60. The van der Waals surface area contributed by atoms with Gasteiger partial charge in [-0.25, -0.2) is 0 Å². The molecule has 2 atom stereocenters. The number of primary amides is 1. The third-order valence-corrected chi connectivity index (χ3v) is 5.06. The molecule has 3 N–H and O–H groups in total. The fraction of sp³-hybridized carbons (Fsp3) is 0.263. The summed E-state index contributed by atoms with van der Waals surface area (Å²) in [6.45, 7) is 1.94. The van der Waals surface area contributed by atoms with Gasteiger partial charge in [0.2, 0.25) is 5.91 Å². The molecule has 1 aromatic heterocycles. The van der Waals surface area contributed by atoms with Crippen LogP contribution in [0, 0.1) is 6.92 Å². The Morgan fingerprint density at radius 3 is 2.75 bits per heavy atom. The molecule has 1 saturated heterocycles. The van der Waals surface area contributed by atoms with E-state index in [4.69, 9.17) is 22.1 Å². The summed E-state index contributed by atoms with van der Waals surface area (Å²) in [6, 6.07) is 13.2. The van der Waals surface area contributed by atoms with Crippen LogP contribution in [0.25, 0.3) is 5.69 Å². The smallest absolute Gasteiger partial charge is 0.345 e. The average molecular weight is 399 g/mol. The van der Waals surface area contributed by atoms with Gasteiger partial charge in [-0.3, -0.25) is 10.1 Å². The minimum Gasteiger partial charge on any atom is -0.423 e. The number of ether oxygens (including phenoxy) is 1. The number of aryl methyl sites for hydroxylation is 1. The second-order valence-corrected chi connectivity index (χ2v) is 7.16. The number of tetrazole rings is 1. The van der Waals surface area contributed by atoms with E-state index in [-0.39, 0.29) is 24.0 Å². The van der Waals surface area contributed by atoms with Gasteiger partial charge in [-0.05, 0) is 65.6 Å². The fourth-order valence-corrected chi connectivity index (χ4v) is 3.47. The number of nitrogens with zero attached hydrogens (tertiary/aromatic N) is 4. The van der Waals surface area contributed by atoms with Crippen molar-refractivity contribution in [1.29, 1.82) is 0 Å². The first-order valence-corrected chi connectivity index (χ1v) is 9.27. The van der Waals surface area contributed by atoms with Crippen LogP contribution in [-0.2, 0) is 4.79 Å². The lowest BCUT2D eigenvalue weighted by Crippen LogP contribution is -2.37. The predicted octanol–water partition coefficient (Wildman–Crippen LogP) is 2.69. The molecule has 144 valence electrons. The number of nitrogens with two attached hydrogens (primary N) is 1. The summed E-state index contributed by atoms with van der Waals surface area (Å²) < 4.78 is 7.37. The highest BCUT2D eigenvalue weighted by Gasteiger charge is 2.28. The number of carbonyl (C=O) groups is 1. The monoisotopic (exact) mass is 398 g/mol. The van der Waals surface area contributed by atoms with Crippen molar-refractivity contribution in [2.24, 2.45) is 5.73 Å². The van der Waals surface area contributed by atoms with Crippen LogP contribution in [0.4, 0.5) is 0 Å². The number of carbonyl (C=O) groups excluding carboxylic acids is 1. The molecule has 9 heteroatoms. The first-order valence-electron chi connectivity index (χ1n) is 8.89. The van der Waals surface area contributed by atoms with E-state index in [1.807, 2.05) is 43.3 Å². The SMILES string of the molecule is Cc1ccc(Cl)cc1-n1nnnc1Oc1ccc([C@H]2CC[C@@H](C(N)=O)N2)cc1. The summed E-state index contributed by atoms with van der Waals surface area (Å²) in [5, 5.41) is 15.5. The Bertz CT molecular complexity index is 1000. The molecule has 0 aliphatic carbocycles. The summed E-state index contributed by atoms with van der Waals surface area (Å²) in [7, 11) is 0. The molecule has 1 aliphatic heterocycles. The molecule has 3 aromatic rings. The van der Waals surface area contributed by atoms with Crippen LogP contribution in [0.3, 0.4) is 0 Å². The van der Waals surface area contributed by atoms with Crippen molar-refractivity contribution in [1.82, 2.24) is 25.5 Å². The van der Waals surface area contributed by atoms with Gasteiger partial charge < -0.3 is 10.5 Å². The molecule has 1 fully saturated rings. The average Bonchev–Trinajstić information content (AvgIpc) is 3.34. The third-order valence-electron chi connectivity index (χ3n) is 4.82. The van der Waals surface area contributed by atoms with Gasteiger partial charge in [0.25, 0.3) is 0 Å². The number of hydrogen-bond acceptors (Lipinski definition) is 6. The Kier molecular flexibility index (Phi) is 4.97. The Morgan fingerprint density at radius 2 is 2.04 bits per heavy atom. The fourth-order valence-electron chi connectivity index (χ4n) is 3.31. The Hall–Kier alpha value is -2.97. The van der Waals surface area contributed by atoms with Crippen LogP contribution < -0.4 is 15.8 Å². The molecule has 0 spiro atoms. The van der Waals surface area contributed by atoms with Crippen LogP contribution in [0.2, 0.25) is 5.02 Å². The van der Waals surface area contributed by atoms with Crippen LogP contribution >= 0.6 is 11.6 Å². The lowest BCUT2D eigenvalue weighted by atomic mass is 10.1. The zero-order valence-corrected chi connectivity index (χ0v) is 15.9. The van der Waals surface area contributed by atoms with E-state index in [1.165, 1.54) is 4.68 Å². The van der Waals surface area contributed by atoms with Crippen molar-refractivity contribution >= 4 is 17.5 Å². The van der Waals surface area contributed by atoms with Crippen molar-refractivity contribution in [2.75, 3.05) is 0 Å².